The molecule has 1 aromatic rings. The lowest BCUT2D eigenvalue weighted by Crippen LogP contribution is -2.47. The van der Waals surface area contributed by atoms with Gasteiger partial charge in [0.15, 0.2) is 0 Å². The van der Waals surface area contributed by atoms with Crippen molar-refractivity contribution in [2.45, 2.75) is 38.8 Å². The van der Waals surface area contributed by atoms with Crippen LogP contribution in [0, 0.1) is 0 Å². The number of aromatic carboxylic acids is 1. The van der Waals surface area contributed by atoms with Crippen LogP contribution in [-0.4, -0.2) is 36.4 Å². The summed E-state index contributed by atoms with van der Waals surface area (Å²) in [7, 11) is -3.53. The van der Waals surface area contributed by atoms with E-state index >= 15 is 0 Å². The number of rotatable bonds is 5. The van der Waals surface area contributed by atoms with Crippen LogP contribution in [0.25, 0.3) is 0 Å². The van der Waals surface area contributed by atoms with Crippen LogP contribution in [0.5, 0.6) is 0 Å². The lowest BCUT2D eigenvalue weighted by atomic mass is 10.1. The maximum atomic E-state index is 12.3. The third-order valence-electron chi connectivity index (χ3n) is 3.68. The Morgan fingerprint density at radius 2 is 2.19 bits per heavy atom. The SMILES string of the molecule is CC1CCCCN1S(=O)(=O)NCc1cccc(C(=O)O)c1. The van der Waals surface area contributed by atoms with Crippen LogP contribution < -0.4 is 4.72 Å². The Hall–Kier alpha value is -1.44. The standard InChI is InChI=1S/C14H20N2O4S/c1-11-5-2-3-8-16(11)21(19,20)15-10-12-6-4-7-13(9-12)14(17)18/h4,6-7,9,11,15H,2-3,5,8,10H2,1H3,(H,17,18). The van der Waals surface area contributed by atoms with E-state index in [0.717, 1.165) is 19.3 Å². The molecule has 0 aromatic heterocycles. The molecule has 1 fully saturated rings. The number of carboxylic acids is 1. The molecule has 1 unspecified atom stereocenters. The summed E-state index contributed by atoms with van der Waals surface area (Å²) in [5.74, 6) is -1.02. The number of carboxylic acid groups (broad SMARTS) is 1. The number of hydrogen-bond acceptors (Lipinski definition) is 3. The second-order valence-electron chi connectivity index (χ2n) is 5.29. The fraction of sp³-hybridized carbons (Fsp3) is 0.500. The van der Waals surface area contributed by atoms with Crippen LogP contribution in [0.15, 0.2) is 24.3 Å². The molecule has 21 heavy (non-hydrogen) atoms. The van der Waals surface area contributed by atoms with Crippen molar-refractivity contribution in [1.29, 1.82) is 0 Å². The molecule has 2 N–H and O–H groups in total. The summed E-state index contributed by atoms with van der Waals surface area (Å²) in [6.07, 6.45) is 2.79. The third-order valence-corrected chi connectivity index (χ3v) is 5.35. The van der Waals surface area contributed by atoms with E-state index in [1.165, 1.54) is 16.4 Å². The zero-order chi connectivity index (χ0) is 15.5. The molecule has 0 amide bonds. The molecule has 0 bridgehead atoms. The normalized spacial score (nSPS) is 20.3. The number of nitrogens with one attached hydrogen (secondary N) is 1. The van der Waals surface area contributed by atoms with Crippen LogP contribution in [0.1, 0.15) is 42.1 Å². The molecule has 0 aliphatic carbocycles. The minimum Gasteiger partial charge on any atom is -0.478 e. The molecular weight excluding hydrogens is 292 g/mol. The van der Waals surface area contributed by atoms with Gasteiger partial charge in [0.2, 0.25) is 0 Å². The minimum absolute atomic E-state index is 0.00149. The van der Waals surface area contributed by atoms with Crippen LogP contribution in [-0.2, 0) is 16.8 Å². The monoisotopic (exact) mass is 312 g/mol. The van der Waals surface area contributed by atoms with E-state index in [-0.39, 0.29) is 18.2 Å². The van der Waals surface area contributed by atoms with Gasteiger partial charge in [-0.1, -0.05) is 18.6 Å². The number of piperidine rings is 1. The number of carbonyl (C=O) groups is 1. The van der Waals surface area contributed by atoms with Crippen LogP contribution in [0.2, 0.25) is 0 Å². The summed E-state index contributed by atoms with van der Waals surface area (Å²) in [6, 6.07) is 6.27. The first-order valence-electron chi connectivity index (χ1n) is 6.99. The van der Waals surface area contributed by atoms with Crippen molar-refractivity contribution in [2.24, 2.45) is 0 Å². The summed E-state index contributed by atoms with van der Waals surface area (Å²) in [5, 5.41) is 8.93. The molecule has 1 aromatic carbocycles. The summed E-state index contributed by atoms with van der Waals surface area (Å²) in [6.45, 7) is 2.53. The van der Waals surface area contributed by atoms with Gasteiger partial charge in [0.05, 0.1) is 5.56 Å². The molecule has 6 nitrogen and oxygen atoms in total. The second-order valence-corrected chi connectivity index (χ2v) is 7.00. The van der Waals surface area contributed by atoms with Crippen molar-refractivity contribution in [3.8, 4) is 0 Å². The van der Waals surface area contributed by atoms with Gasteiger partial charge >= 0.3 is 5.97 Å². The highest BCUT2D eigenvalue weighted by Crippen LogP contribution is 2.19. The van der Waals surface area contributed by atoms with Crippen molar-refractivity contribution in [1.82, 2.24) is 9.03 Å². The Bertz CT molecular complexity index is 615. The largest absolute Gasteiger partial charge is 0.478 e. The average molecular weight is 312 g/mol. The predicted molar refractivity (Wildman–Crippen MR) is 79.2 cm³/mol. The second kappa shape index (κ2) is 6.55. The van der Waals surface area contributed by atoms with Crippen LogP contribution in [0.4, 0.5) is 0 Å². The van der Waals surface area contributed by atoms with Gasteiger partial charge in [0.1, 0.15) is 0 Å². The predicted octanol–water partition coefficient (Wildman–Crippen LogP) is 1.59. The minimum atomic E-state index is -3.53. The Morgan fingerprint density at radius 3 is 2.86 bits per heavy atom. The molecular formula is C14H20N2O4S. The van der Waals surface area contributed by atoms with Gasteiger partial charge in [-0.2, -0.15) is 17.4 Å². The van der Waals surface area contributed by atoms with Crippen molar-refractivity contribution < 1.29 is 18.3 Å². The first kappa shape index (κ1) is 15.9. The van der Waals surface area contributed by atoms with E-state index in [9.17, 15) is 13.2 Å². The lowest BCUT2D eigenvalue weighted by Gasteiger charge is -2.32. The van der Waals surface area contributed by atoms with Gasteiger partial charge in [0.25, 0.3) is 10.2 Å². The van der Waals surface area contributed by atoms with Gasteiger partial charge in [-0.05, 0) is 37.5 Å². The fourth-order valence-corrected chi connectivity index (χ4v) is 3.96. The van der Waals surface area contributed by atoms with Crippen molar-refractivity contribution in [2.75, 3.05) is 6.54 Å². The maximum Gasteiger partial charge on any atom is 0.335 e. The topological polar surface area (TPSA) is 86.7 Å². The Balaban J connectivity index is 2.04. The zero-order valence-electron chi connectivity index (χ0n) is 11.9. The molecule has 1 saturated heterocycles. The van der Waals surface area contributed by atoms with Gasteiger partial charge in [-0.15, -0.1) is 0 Å². The van der Waals surface area contributed by atoms with E-state index in [4.69, 9.17) is 5.11 Å². The summed E-state index contributed by atoms with van der Waals surface area (Å²) in [4.78, 5) is 10.9. The first-order valence-corrected chi connectivity index (χ1v) is 8.43. The zero-order valence-corrected chi connectivity index (χ0v) is 12.8. The molecule has 0 radical (unpaired) electrons. The summed E-state index contributed by atoms with van der Waals surface area (Å²) >= 11 is 0. The van der Waals surface area contributed by atoms with Gasteiger partial charge in [-0.3, -0.25) is 0 Å². The molecule has 7 heteroatoms. The molecule has 2 rings (SSSR count). The van der Waals surface area contributed by atoms with Crippen molar-refractivity contribution >= 4 is 16.2 Å². The maximum absolute atomic E-state index is 12.3. The van der Waals surface area contributed by atoms with Gasteiger partial charge in [0, 0.05) is 19.1 Å². The molecule has 0 saturated carbocycles. The Labute approximate surface area is 125 Å². The third kappa shape index (κ3) is 4.03. The Kier molecular flexibility index (Phi) is 4.97. The van der Waals surface area contributed by atoms with Gasteiger partial charge < -0.3 is 5.11 Å². The summed E-state index contributed by atoms with van der Waals surface area (Å²) < 4.78 is 28.6. The molecule has 116 valence electrons. The highest BCUT2D eigenvalue weighted by Gasteiger charge is 2.28. The van der Waals surface area contributed by atoms with E-state index in [1.807, 2.05) is 6.92 Å². The van der Waals surface area contributed by atoms with E-state index in [2.05, 4.69) is 4.72 Å². The molecule has 1 heterocycles. The molecule has 1 atom stereocenters. The number of nitrogens with zero attached hydrogens (tertiary/aromatic N) is 1. The Morgan fingerprint density at radius 1 is 1.43 bits per heavy atom. The first-order chi connectivity index (χ1) is 9.90. The number of hydrogen-bond donors (Lipinski definition) is 2. The lowest BCUT2D eigenvalue weighted by molar-refractivity contribution is 0.0696. The average Bonchev–Trinajstić information content (AvgIpc) is 2.46. The van der Waals surface area contributed by atoms with Crippen LogP contribution in [0.3, 0.4) is 0 Å². The smallest absolute Gasteiger partial charge is 0.335 e. The quantitative estimate of drug-likeness (QED) is 0.864. The molecule has 1 aliphatic heterocycles. The van der Waals surface area contributed by atoms with Crippen LogP contribution >= 0.6 is 0 Å². The van der Waals surface area contributed by atoms with E-state index in [1.54, 1.807) is 12.1 Å². The highest BCUT2D eigenvalue weighted by atomic mass is 32.2. The molecule has 0 spiro atoms. The van der Waals surface area contributed by atoms with Crippen molar-refractivity contribution in [3.63, 3.8) is 0 Å². The highest BCUT2D eigenvalue weighted by molar-refractivity contribution is 7.87. The summed E-state index contributed by atoms with van der Waals surface area (Å²) in [5.41, 5.74) is 0.779. The van der Waals surface area contributed by atoms with E-state index in [0.29, 0.717) is 12.1 Å². The fourth-order valence-electron chi connectivity index (χ4n) is 2.50. The van der Waals surface area contributed by atoms with Gasteiger partial charge in [-0.25, -0.2) is 4.79 Å². The van der Waals surface area contributed by atoms with Crippen molar-refractivity contribution in [3.05, 3.63) is 35.4 Å². The van der Waals surface area contributed by atoms with E-state index < -0.39 is 16.2 Å². The molecule has 1 aliphatic rings. The number of benzene rings is 1.